The summed E-state index contributed by atoms with van der Waals surface area (Å²) in [5, 5.41) is 17.6. The first-order chi connectivity index (χ1) is 21.7. The van der Waals surface area contributed by atoms with Gasteiger partial charge in [-0.15, -0.1) is 0 Å². The third kappa shape index (κ3) is 8.03. The number of carboxylic acids is 1. The van der Waals surface area contributed by atoms with E-state index in [1.54, 1.807) is 36.4 Å². The van der Waals surface area contributed by atoms with Crippen LogP contribution >= 0.6 is 0 Å². The van der Waals surface area contributed by atoms with Gasteiger partial charge in [0.2, 0.25) is 11.8 Å². The van der Waals surface area contributed by atoms with E-state index in [2.05, 4.69) is 16.0 Å². The Morgan fingerprint density at radius 3 is 2.42 bits per heavy atom. The van der Waals surface area contributed by atoms with E-state index in [4.69, 9.17) is 9.84 Å². The molecule has 234 valence electrons. The van der Waals surface area contributed by atoms with E-state index in [-0.39, 0.29) is 62.0 Å². The maximum atomic E-state index is 13.5. The third-order valence-electron chi connectivity index (χ3n) is 7.69. The summed E-state index contributed by atoms with van der Waals surface area (Å²) >= 11 is 0. The topological polar surface area (TPSA) is 157 Å². The Morgan fingerprint density at radius 1 is 0.956 bits per heavy atom. The summed E-state index contributed by atoms with van der Waals surface area (Å²) in [4.78, 5) is 66.1. The Balaban J connectivity index is 1.25. The fourth-order valence-corrected chi connectivity index (χ4v) is 5.34. The zero-order chi connectivity index (χ0) is 31.9. The lowest BCUT2D eigenvalue weighted by Gasteiger charge is -2.25. The van der Waals surface area contributed by atoms with Gasteiger partial charge in [-0.1, -0.05) is 30.3 Å². The van der Waals surface area contributed by atoms with Gasteiger partial charge in [-0.3, -0.25) is 19.2 Å². The molecule has 12 heteroatoms. The molecule has 1 saturated heterocycles. The Labute approximate surface area is 260 Å². The Morgan fingerprint density at radius 2 is 1.71 bits per heavy atom. The number of anilines is 4. The number of aliphatic carboxylic acids is 1. The lowest BCUT2D eigenvalue weighted by atomic mass is 10.1. The number of benzene rings is 3. The lowest BCUT2D eigenvalue weighted by Crippen LogP contribution is -2.42. The molecular formula is C33H35N5O7. The Kier molecular flexibility index (Phi) is 9.73. The van der Waals surface area contributed by atoms with Crippen molar-refractivity contribution in [1.29, 1.82) is 0 Å². The number of urea groups is 1. The lowest BCUT2D eigenvalue weighted by molar-refractivity contribution is -0.137. The summed E-state index contributed by atoms with van der Waals surface area (Å²) in [6.45, 7) is 2.40. The Hall–Kier alpha value is -5.23. The van der Waals surface area contributed by atoms with E-state index in [9.17, 15) is 24.0 Å². The number of carbonyl (C=O) groups excluding carboxylic acids is 4. The van der Waals surface area contributed by atoms with E-state index < -0.39 is 11.9 Å². The highest BCUT2D eigenvalue weighted by atomic mass is 16.5. The van der Waals surface area contributed by atoms with Crippen LogP contribution in [0.4, 0.5) is 27.5 Å². The normalized spacial score (nSPS) is 16.2. The van der Waals surface area contributed by atoms with Gasteiger partial charge in [0.25, 0.3) is 5.91 Å². The summed E-state index contributed by atoms with van der Waals surface area (Å²) in [6.07, 6.45) is 1.25. The largest absolute Gasteiger partial charge is 0.481 e. The number of hydrogen-bond donors (Lipinski definition) is 4. The van der Waals surface area contributed by atoms with Crippen molar-refractivity contribution in [3.63, 3.8) is 0 Å². The van der Waals surface area contributed by atoms with E-state index in [0.717, 1.165) is 18.4 Å². The standard InChI is InChI=1S/C33H35N5O7/c1-21-5-2-3-7-27(21)36-33(44)35-23-10-8-22(9-11-23)17-29(39)34-24-12-13-28-26(18-24)32(43)37(15-14-31(41)42)20-30(40)38(28)19-25-6-4-16-45-25/h2-3,5,7-13,18,25H,4,6,14-17,19-20H2,1H3,(H,34,39)(H,41,42)(H2,35,36,44). The van der Waals surface area contributed by atoms with Crippen molar-refractivity contribution in [3.8, 4) is 0 Å². The molecule has 4 N–H and O–H groups in total. The van der Waals surface area contributed by atoms with E-state index >= 15 is 0 Å². The monoisotopic (exact) mass is 613 g/mol. The molecule has 0 radical (unpaired) electrons. The van der Waals surface area contributed by atoms with Gasteiger partial charge in [-0.2, -0.15) is 0 Å². The molecule has 0 saturated carbocycles. The number of nitrogens with zero attached hydrogens (tertiary/aromatic N) is 2. The number of rotatable bonds is 10. The minimum atomic E-state index is -1.08. The molecule has 2 heterocycles. The highest BCUT2D eigenvalue weighted by Gasteiger charge is 2.34. The van der Waals surface area contributed by atoms with E-state index in [1.807, 2.05) is 31.2 Å². The molecule has 12 nitrogen and oxygen atoms in total. The van der Waals surface area contributed by atoms with Crippen LogP contribution < -0.4 is 20.9 Å². The van der Waals surface area contributed by atoms with Crippen molar-refractivity contribution in [2.24, 2.45) is 0 Å². The maximum absolute atomic E-state index is 13.5. The molecule has 5 rings (SSSR count). The molecular weight excluding hydrogens is 578 g/mol. The molecule has 3 aromatic rings. The first-order valence-corrected chi connectivity index (χ1v) is 14.8. The number of amides is 5. The van der Waals surface area contributed by atoms with Gasteiger partial charge in [0.15, 0.2) is 0 Å². The summed E-state index contributed by atoms with van der Waals surface area (Å²) in [7, 11) is 0. The van der Waals surface area contributed by atoms with E-state index in [1.165, 1.54) is 15.9 Å². The second-order valence-corrected chi connectivity index (χ2v) is 11.1. The predicted octanol–water partition coefficient (Wildman–Crippen LogP) is 4.26. The SMILES string of the molecule is Cc1ccccc1NC(=O)Nc1ccc(CC(=O)Nc2ccc3c(c2)C(=O)N(CCC(=O)O)CC(=O)N3CC2CCCO2)cc1. The van der Waals surface area contributed by atoms with Crippen LogP contribution in [-0.4, -0.2) is 72.1 Å². The number of hydrogen-bond acceptors (Lipinski definition) is 6. The first kappa shape index (κ1) is 31.2. The molecule has 2 aliphatic rings. The fourth-order valence-electron chi connectivity index (χ4n) is 5.34. The number of nitrogens with one attached hydrogen (secondary N) is 3. The van der Waals surface area contributed by atoms with Crippen LogP contribution in [0, 0.1) is 6.92 Å². The van der Waals surface area contributed by atoms with Crippen molar-refractivity contribution in [3.05, 3.63) is 83.4 Å². The van der Waals surface area contributed by atoms with Crippen molar-refractivity contribution in [2.75, 3.05) is 47.1 Å². The van der Waals surface area contributed by atoms with Crippen molar-refractivity contribution < 1.29 is 33.8 Å². The second kappa shape index (κ2) is 14.0. The van der Waals surface area contributed by atoms with E-state index in [0.29, 0.717) is 34.9 Å². The molecule has 3 aromatic carbocycles. The number of carbonyl (C=O) groups is 5. The summed E-state index contributed by atoms with van der Waals surface area (Å²) < 4.78 is 5.73. The van der Waals surface area contributed by atoms with Crippen LogP contribution in [0.15, 0.2) is 66.7 Å². The molecule has 0 aromatic heterocycles. The number of para-hydroxylation sites is 1. The zero-order valence-electron chi connectivity index (χ0n) is 24.9. The second-order valence-electron chi connectivity index (χ2n) is 11.1. The van der Waals surface area contributed by atoms with Crippen molar-refractivity contribution in [2.45, 2.75) is 38.7 Å². The first-order valence-electron chi connectivity index (χ1n) is 14.8. The van der Waals surface area contributed by atoms with Crippen LogP contribution in [0.5, 0.6) is 0 Å². The summed E-state index contributed by atoms with van der Waals surface area (Å²) in [5.41, 5.74) is 3.86. The van der Waals surface area contributed by atoms with Crippen LogP contribution in [0.3, 0.4) is 0 Å². The summed E-state index contributed by atoms with van der Waals surface area (Å²) in [6, 6.07) is 18.7. The highest BCUT2D eigenvalue weighted by molar-refractivity contribution is 6.10. The minimum Gasteiger partial charge on any atom is -0.481 e. The molecule has 1 fully saturated rings. The van der Waals surface area contributed by atoms with Gasteiger partial charge < -0.3 is 35.6 Å². The van der Waals surface area contributed by atoms with Gasteiger partial charge in [-0.05, 0) is 67.3 Å². The van der Waals surface area contributed by atoms with Crippen LogP contribution in [-0.2, 0) is 25.5 Å². The van der Waals surface area contributed by atoms with Crippen molar-refractivity contribution in [1.82, 2.24) is 4.90 Å². The van der Waals surface area contributed by atoms with Crippen LogP contribution in [0.25, 0.3) is 0 Å². The van der Waals surface area contributed by atoms with Crippen LogP contribution in [0.2, 0.25) is 0 Å². The zero-order valence-corrected chi connectivity index (χ0v) is 24.9. The number of carboxylic acid groups (broad SMARTS) is 1. The average Bonchev–Trinajstić information content (AvgIpc) is 3.50. The quantitative estimate of drug-likeness (QED) is 0.266. The molecule has 0 aliphatic carbocycles. The minimum absolute atomic E-state index is 0.0368. The van der Waals surface area contributed by atoms with Gasteiger partial charge >= 0.3 is 12.0 Å². The average molecular weight is 614 g/mol. The number of aryl methyl sites for hydroxylation is 1. The van der Waals surface area contributed by atoms with Crippen molar-refractivity contribution >= 4 is 52.5 Å². The van der Waals surface area contributed by atoms with Gasteiger partial charge in [-0.25, -0.2) is 4.79 Å². The smallest absolute Gasteiger partial charge is 0.323 e. The molecule has 45 heavy (non-hydrogen) atoms. The molecule has 0 bridgehead atoms. The predicted molar refractivity (Wildman–Crippen MR) is 169 cm³/mol. The molecule has 2 aliphatic heterocycles. The fraction of sp³-hybridized carbons (Fsp3) is 0.303. The number of ether oxygens (including phenoxy) is 1. The molecule has 0 spiro atoms. The third-order valence-corrected chi connectivity index (χ3v) is 7.69. The molecule has 1 atom stereocenters. The highest BCUT2D eigenvalue weighted by Crippen LogP contribution is 2.30. The molecule has 1 unspecified atom stereocenters. The Bertz CT molecular complexity index is 1600. The summed E-state index contributed by atoms with van der Waals surface area (Å²) in [5.74, 6) is -2.22. The van der Waals surface area contributed by atoms with Crippen LogP contribution in [0.1, 0.15) is 40.7 Å². The van der Waals surface area contributed by atoms with Gasteiger partial charge in [0, 0.05) is 30.2 Å². The molecule has 5 amide bonds. The van der Waals surface area contributed by atoms with Gasteiger partial charge in [0.1, 0.15) is 6.54 Å². The maximum Gasteiger partial charge on any atom is 0.323 e. The number of fused-ring (bicyclic) bond motifs is 1. The van der Waals surface area contributed by atoms with Gasteiger partial charge in [0.05, 0.1) is 36.7 Å².